The molecule has 2 aromatic heterocycles. The first-order valence-electron chi connectivity index (χ1n) is 5.63. The van der Waals surface area contributed by atoms with Crippen LogP contribution in [0.3, 0.4) is 0 Å². The zero-order valence-electron chi connectivity index (χ0n) is 9.60. The van der Waals surface area contributed by atoms with Crippen molar-refractivity contribution in [2.24, 2.45) is 7.05 Å². The maximum absolute atomic E-state index is 11.6. The molecule has 0 bridgehead atoms. The van der Waals surface area contributed by atoms with Gasteiger partial charge in [-0.15, -0.1) is 0 Å². The van der Waals surface area contributed by atoms with Gasteiger partial charge in [0.2, 0.25) is 5.95 Å². The lowest BCUT2D eigenvalue weighted by molar-refractivity contribution is 0.580. The first-order chi connectivity index (χ1) is 8.25. The van der Waals surface area contributed by atoms with Crippen molar-refractivity contribution in [2.45, 2.75) is 0 Å². The summed E-state index contributed by atoms with van der Waals surface area (Å²) in [6, 6.07) is 0. The molecule has 1 aliphatic rings. The normalized spacial score (nSPS) is 16.6. The minimum Gasteiger partial charge on any atom is -0.338 e. The number of aromatic amines is 1. The monoisotopic (exact) mass is 234 g/mol. The molecule has 90 valence electrons. The first kappa shape index (κ1) is 10.3. The molecular weight excluding hydrogens is 220 g/mol. The van der Waals surface area contributed by atoms with E-state index in [0.29, 0.717) is 17.0 Å². The van der Waals surface area contributed by atoms with Crippen molar-refractivity contribution in [3.05, 3.63) is 16.6 Å². The fraction of sp³-hybridized carbons (Fsp3) is 0.500. The highest BCUT2D eigenvalue weighted by Gasteiger charge is 2.14. The lowest BCUT2D eigenvalue weighted by atomic mass is 10.4. The van der Waals surface area contributed by atoms with E-state index >= 15 is 0 Å². The van der Waals surface area contributed by atoms with Crippen molar-refractivity contribution in [2.75, 3.05) is 31.1 Å². The molecule has 2 N–H and O–H groups in total. The van der Waals surface area contributed by atoms with E-state index in [9.17, 15) is 4.79 Å². The lowest BCUT2D eigenvalue weighted by Crippen LogP contribution is -2.44. The van der Waals surface area contributed by atoms with Crippen molar-refractivity contribution in [3.8, 4) is 0 Å². The van der Waals surface area contributed by atoms with E-state index in [1.165, 1.54) is 4.68 Å². The number of nitrogens with one attached hydrogen (secondary N) is 2. The zero-order chi connectivity index (χ0) is 11.8. The Bertz CT molecular complexity index is 594. The number of anilines is 1. The molecule has 3 rings (SSSR count). The van der Waals surface area contributed by atoms with Gasteiger partial charge in [-0.1, -0.05) is 0 Å². The molecule has 2 aromatic rings. The molecule has 0 radical (unpaired) electrons. The van der Waals surface area contributed by atoms with Gasteiger partial charge in [-0.2, -0.15) is 4.98 Å². The molecule has 7 heteroatoms. The van der Waals surface area contributed by atoms with Gasteiger partial charge in [0.05, 0.1) is 0 Å². The van der Waals surface area contributed by atoms with Gasteiger partial charge in [0.15, 0.2) is 5.65 Å². The summed E-state index contributed by atoms with van der Waals surface area (Å²) in [5.41, 5.74) is 0.507. The summed E-state index contributed by atoms with van der Waals surface area (Å²) in [7, 11) is 1.68. The van der Waals surface area contributed by atoms with Crippen LogP contribution in [0.25, 0.3) is 11.0 Å². The van der Waals surface area contributed by atoms with Crippen LogP contribution in [0.5, 0.6) is 0 Å². The molecular formula is C10H14N6O. The average Bonchev–Trinajstić information content (AvgIpc) is 2.66. The van der Waals surface area contributed by atoms with E-state index in [4.69, 9.17) is 0 Å². The maximum atomic E-state index is 11.6. The molecule has 1 fully saturated rings. The molecule has 0 unspecified atom stereocenters. The second-order valence-electron chi connectivity index (χ2n) is 4.15. The molecule has 0 atom stereocenters. The second-order valence-corrected chi connectivity index (χ2v) is 4.15. The minimum atomic E-state index is -0.0909. The van der Waals surface area contributed by atoms with E-state index < -0.39 is 0 Å². The number of rotatable bonds is 1. The molecule has 1 aliphatic heterocycles. The van der Waals surface area contributed by atoms with Crippen LogP contribution >= 0.6 is 0 Å². The zero-order valence-corrected chi connectivity index (χ0v) is 9.60. The van der Waals surface area contributed by atoms with Crippen molar-refractivity contribution < 1.29 is 0 Å². The SMILES string of the molecule is Cn1[nH]c2nc(N3CCNCC3)ncc2c1=O. The molecule has 0 spiro atoms. The third-order valence-corrected chi connectivity index (χ3v) is 2.98. The summed E-state index contributed by atoms with van der Waals surface area (Å²) in [6.45, 7) is 3.66. The van der Waals surface area contributed by atoms with E-state index in [0.717, 1.165) is 26.2 Å². The highest BCUT2D eigenvalue weighted by Crippen LogP contribution is 2.11. The Balaban J connectivity index is 2.04. The molecule has 3 heterocycles. The summed E-state index contributed by atoms with van der Waals surface area (Å²) < 4.78 is 1.42. The Morgan fingerprint density at radius 2 is 2.12 bits per heavy atom. The number of aryl methyl sites for hydroxylation is 1. The average molecular weight is 234 g/mol. The van der Waals surface area contributed by atoms with E-state index in [1.54, 1.807) is 13.2 Å². The van der Waals surface area contributed by atoms with Crippen molar-refractivity contribution in [3.63, 3.8) is 0 Å². The minimum absolute atomic E-state index is 0.0909. The van der Waals surface area contributed by atoms with Crippen LogP contribution in [0.15, 0.2) is 11.0 Å². The second kappa shape index (κ2) is 3.85. The van der Waals surface area contributed by atoms with Crippen LogP contribution < -0.4 is 15.8 Å². The number of piperazine rings is 1. The maximum Gasteiger partial charge on any atom is 0.277 e. The smallest absolute Gasteiger partial charge is 0.277 e. The van der Waals surface area contributed by atoms with Gasteiger partial charge in [-0.25, -0.2) is 4.98 Å². The number of fused-ring (bicyclic) bond motifs is 1. The quantitative estimate of drug-likeness (QED) is 0.666. The van der Waals surface area contributed by atoms with Crippen molar-refractivity contribution >= 4 is 17.0 Å². The van der Waals surface area contributed by atoms with Gasteiger partial charge < -0.3 is 10.2 Å². The van der Waals surface area contributed by atoms with Crippen LogP contribution in [-0.2, 0) is 7.05 Å². The summed E-state index contributed by atoms with van der Waals surface area (Å²) in [4.78, 5) is 22.4. The molecule has 0 aromatic carbocycles. The van der Waals surface area contributed by atoms with Gasteiger partial charge in [0.25, 0.3) is 5.56 Å². The van der Waals surface area contributed by atoms with E-state index in [-0.39, 0.29) is 5.56 Å². The molecule has 0 aliphatic carbocycles. The molecule has 0 amide bonds. The van der Waals surface area contributed by atoms with Crippen LogP contribution in [0, 0.1) is 0 Å². The largest absolute Gasteiger partial charge is 0.338 e. The van der Waals surface area contributed by atoms with Crippen molar-refractivity contribution in [1.82, 2.24) is 25.1 Å². The highest BCUT2D eigenvalue weighted by molar-refractivity contribution is 5.73. The summed E-state index contributed by atoms with van der Waals surface area (Å²) in [5, 5.41) is 6.73. The van der Waals surface area contributed by atoms with Crippen LogP contribution in [0.4, 0.5) is 5.95 Å². The third-order valence-electron chi connectivity index (χ3n) is 2.98. The van der Waals surface area contributed by atoms with Gasteiger partial charge in [0, 0.05) is 39.4 Å². The van der Waals surface area contributed by atoms with Crippen LogP contribution in [0.1, 0.15) is 0 Å². The third kappa shape index (κ3) is 1.68. The number of hydrogen-bond donors (Lipinski definition) is 2. The predicted molar refractivity (Wildman–Crippen MR) is 64.2 cm³/mol. The standard InChI is InChI=1S/C10H14N6O/c1-15-9(17)7-6-12-10(13-8(7)14-15)16-4-2-11-3-5-16/h6,11H,2-5H2,1H3,(H,12,13,14). The lowest BCUT2D eigenvalue weighted by Gasteiger charge is -2.27. The first-order valence-corrected chi connectivity index (χ1v) is 5.63. The summed E-state index contributed by atoms with van der Waals surface area (Å²) >= 11 is 0. The predicted octanol–water partition coefficient (Wildman–Crippen LogP) is -0.934. The van der Waals surface area contributed by atoms with Gasteiger partial charge in [-0.3, -0.25) is 14.6 Å². The fourth-order valence-corrected chi connectivity index (χ4v) is 2.02. The topological polar surface area (TPSA) is 78.8 Å². The van der Waals surface area contributed by atoms with Gasteiger partial charge >= 0.3 is 0 Å². The van der Waals surface area contributed by atoms with Crippen LogP contribution in [0.2, 0.25) is 0 Å². The van der Waals surface area contributed by atoms with E-state index in [1.807, 2.05) is 0 Å². The van der Waals surface area contributed by atoms with Crippen molar-refractivity contribution in [1.29, 1.82) is 0 Å². The number of hydrogen-bond acceptors (Lipinski definition) is 5. The molecule has 17 heavy (non-hydrogen) atoms. The summed E-state index contributed by atoms with van der Waals surface area (Å²) in [5.74, 6) is 0.681. The van der Waals surface area contributed by atoms with Gasteiger partial charge in [0.1, 0.15) is 5.39 Å². The fourth-order valence-electron chi connectivity index (χ4n) is 2.02. The Kier molecular flexibility index (Phi) is 2.32. The Morgan fingerprint density at radius 3 is 2.88 bits per heavy atom. The Hall–Kier alpha value is -1.89. The number of nitrogens with zero attached hydrogens (tertiary/aromatic N) is 4. The highest BCUT2D eigenvalue weighted by atomic mass is 16.1. The summed E-state index contributed by atoms with van der Waals surface area (Å²) in [6.07, 6.45) is 1.60. The number of H-pyrrole nitrogens is 1. The number of aromatic nitrogens is 4. The van der Waals surface area contributed by atoms with Gasteiger partial charge in [-0.05, 0) is 0 Å². The van der Waals surface area contributed by atoms with E-state index in [2.05, 4.69) is 25.3 Å². The Morgan fingerprint density at radius 1 is 1.35 bits per heavy atom. The molecule has 0 saturated carbocycles. The molecule has 1 saturated heterocycles. The molecule has 7 nitrogen and oxygen atoms in total. The Labute approximate surface area is 97.4 Å². The van der Waals surface area contributed by atoms with Crippen LogP contribution in [-0.4, -0.2) is 45.9 Å².